The molecule has 2 rings (SSSR count). The van der Waals surface area contributed by atoms with Gasteiger partial charge in [0, 0.05) is 38.4 Å². The van der Waals surface area contributed by atoms with Gasteiger partial charge in [0.15, 0.2) is 0 Å². The van der Waals surface area contributed by atoms with Crippen molar-refractivity contribution >= 4 is 11.8 Å². The number of aromatic nitrogens is 2. The molecule has 1 aliphatic heterocycles. The molecule has 1 N–H and O–H groups in total. The maximum Gasteiger partial charge on any atom is 0.245 e. The molecule has 1 atom stereocenters. The average Bonchev–Trinajstić information content (AvgIpc) is 2.77. The third-order valence-corrected chi connectivity index (χ3v) is 3.67. The highest BCUT2D eigenvalue weighted by molar-refractivity contribution is 5.89. The summed E-state index contributed by atoms with van der Waals surface area (Å²) in [4.78, 5) is 30.0. The fourth-order valence-electron chi connectivity index (χ4n) is 2.47. The second-order valence-electron chi connectivity index (χ2n) is 5.15. The summed E-state index contributed by atoms with van der Waals surface area (Å²) < 4.78 is 2.02. The van der Waals surface area contributed by atoms with Crippen molar-refractivity contribution in [1.29, 1.82) is 0 Å². The Kier molecular flexibility index (Phi) is 4.76. The van der Waals surface area contributed by atoms with Crippen LogP contribution in [0.15, 0.2) is 12.4 Å². The molecule has 2 amide bonds. The zero-order chi connectivity index (χ0) is 14.5. The van der Waals surface area contributed by atoms with Gasteiger partial charge in [0.2, 0.25) is 11.8 Å². The van der Waals surface area contributed by atoms with E-state index in [2.05, 4.69) is 10.3 Å². The molecule has 1 saturated heterocycles. The van der Waals surface area contributed by atoms with Crippen molar-refractivity contribution < 1.29 is 9.59 Å². The van der Waals surface area contributed by atoms with E-state index in [1.807, 2.05) is 24.6 Å². The van der Waals surface area contributed by atoms with Crippen LogP contribution in [0.2, 0.25) is 0 Å². The Bertz CT molecular complexity index is 483. The van der Waals surface area contributed by atoms with Gasteiger partial charge < -0.3 is 14.8 Å². The van der Waals surface area contributed by atoms with Crippen molar-refractivity contribution in [3.63, 3.8) is 0 Å². The fourth-order valence-corrected chi connectivity index (χ4v) is 2.47. The Morgan fingerprint density at radius 2 is 2.20 bits per heavy atom. The number of amides is 2. The highest BCUT2D eigenvalue weighted by atomic mass is 16.2. The van der Waals surface area contributed by atoms with Crippen molar-refractivity contribution in [2.75, 3.05) is 13.1 Å². The Morgan fingerprint density at radius 1 is 1.40 bits per heavy atom. The Hall–Kier alpha value is -1.85. The van der Waals surface area contributed by atoms with Gasteiger partial charge in [-0.3, -0.25) is 9.59 Å². The summed E-state index contributed by atoms with van der Waals surface area (Å²) in [6.45, 7) is 5.78. The minimum Gasteiger partial charge on any atom is -0.344 e. The van der Waals surface area contributed by atoms with Crippen LogP contribution >= 0.6 is 0 Å². The maximum atomic E-state index is 12.4. The third kappa shape index (κ3) is 3.37. The fraction of sp³-hybridized carbons (Fsp3) is 0.643. The summed E-state index contributed by atoms with van der Waals surface area (Å²) in [5.74, 6) is 0.945. The molecule has 0 aliphatic carbocycles. The lowest BCUT2D eigenvalue weighted by Gasteiger charge is -2.24. The predicted molar refractivity (Wildman–Crippen MR) is 75.0 cm³/mol. The topological polar surface area (TPSA) is 67.2 Å². The van der Waals surface area contributed by atoms with Crippen molar-refractivity contribution in [1.82, 2.24) is 19.8 Å². The number of hydrogen-bond donors (Lipinski definition) is 1. The molecule has 6 heteroatoms. The second-order valence-corrected chi connectivity index (χ2v) is 5.15. The number of nitrogens with one attached hydrogen (secondary N) is 1. The number of hydrogen-bond acceptors (Lipinski definition) is 3. The first-order valence-corrected chi connectivity index (χ1v) is 7.17. The SMILES string of the molecule is CCCC1NC(=O)CCN(CCn2ccnc2C)C1=O. The van der Waals surface area contributed by atoms with Crippen LogP contribution in [0.4, 0.5) is 0 Å². The summed E-state index contributed by atoms with van der Waals surface area (Å²) in [7, 11) is 0. The van der Waals surface area contributed by atoms with Crippen LogP contribution in [-0.4, -0.2) is 45.4 Å². The third-order valence-electron chi connectivity index (χ3n) is 3.67. The minimum absolute atomic E-state index is 0.0295. The maximum absolute atomic E-state index is 12.4. The van der Waals surface area contributed by atoms with Gasteiger partial charge in [-0.05, 0) is 13.3 Å². The first-order valence-electron chi connectivity index (χ1n) is 7.17. The molecule has 1 aromatic heterocycles. The molecule has 1 aromatic rings. The summed E-state index contributed by atoms with van der Waals surface area (Å²) in [6.07, 6.45) is 5.63. The van der Waals surface area contributed by atoms with E-state index in [9.17, 15) is 9.59 Å². The first kappa shape index (κ1) is 14.6. The van der Waals surface area contributed by atoms with Gasteiger partial charge in [-0.2, -0.15) is 0 Å². The Labute approximate surface area is 119 Å². The molecule has 0 radical (unpaired) electrons. The Balaban J connectivity index is 2.00. The normalized spacial score (nSPS) is 19.9. The molecule has 110 valence electrons. The lowest BCUT2D eigenvalue weighted by Crippen LogP contribution is -2.45. The van der Waals surface area contributed by atoms with E-state index in [1.54, 1.807) is 11.1 Å². The molecule has 0 spiro atoms. The van der Waals surface area contributed by atoms with Crippen LogP contribution in [0.25, 0.3) is 0 Å². The molecular weight excluding hydrogens is 256 g/mol. The van der Waals surface area contributed by atoms with Gasteiger partial charge in [0.05, 0.1) is 0 Å². The van der Waals surface area contributed by atoms with E-state index in [4.69, 9.17) is 0 Å². The van der Waals surface area contributed by atoms with E-state index >= 15 is 0 Å². The lowest BCUT2D eigenvalue weighted by molar-refractivity contribution is -0.133. The molecule has 1 unspecified atom stereocenters. The van der Waals surface area contributed by atoms with Crippen molar-refractivity contribution in [2.24, 2.45) is 0 Å². The molecule has 6 nitrogen and oxygen atoms in total. The highest BCUT2D eigenvalue weighted by Gasteiger charge is 2.28. The summed E-state index contributed by atoms with van der Waals surface area (Å²) in [6, 6.07) is -0.362. The quantitative estimate of drug-likeness (QED) is 0.862. The van der Waals surface area contributed by atoms with Crippen LogP contribution < -0.4 is 5.32 Å². The van der Waals surface area contributed by atoms with E-state index in [-0.39, 0.29) is 17.9 Å². The van der Waals surface area contributed by atoms with Gasteiger partial charge in [-0.25, -0.2) is 4.98 Å². The van der Waals surface area contributed by atoms with Crippen molar-refractivity contribution in [3.05, 3.63) is 18.2 Å². The van der Waals surface area contributed by atoms with Crippen LogP contribution in [0.1, 0.15) is 32.0 Å². The van der Waals surface area contributed by atoms with Crippen LogP contribution in [0, 0.1) is 6.92 Å². The Morgan fingerprint density at radius 3 is 2.85 bits per heavy atom. The number of rotatable bonds is 5. The molecule has 0 aromatic carbocycles. The molecule has 2 heterocycles. The largest absolute Gasteiger partial charge is 0.344 e. The van der Waals surface area contributed by atoms with Crippen LogP contribution in [0.3, 0.4) is 0 Å². The number of nitrogens with zero attached hydrogens (tertiary/aromatic N) is 3. The van der Waals surface area contributed by atoms with E-state index in [0.717, 1.165) is 12.2 Å². The zero-order valence-electron chi connectivity index (χ0n) is 12.1. The molecule has 0 saturated carbocycles. The number of carbonyl (C=O) groups is 2. The monoisotopic (exact) mass is 278 g/mol. The van der Waals surface area contributed by atoms with Gasteiger partial charge in [-0.1, -0.05) is 13.3 Å². The smallest absolute Gasteiger partial charge is 0.245 e. The molecule has 1 aliphatic rings. The summed E-state index contributed by atoms with van der Waals surface area (Å²) in [5.41, 5.74) is 0. The van der Waals surface area contributed by atoms with Crippen LogP contribution in [-0.2, 0) is 16.1 Å². The first-order chi connectivity index (χ1) is 9.61. The number of imidazole rings is 1. The predicted octanol–water partition coefficient (Wildman–Crippen LogP) is 0.709. The van der Waals surface area contributed by atoms with Crippen molar-refractivity contribution in [2.45, 2.75) is 45.7 Å². The van der Waals surface area contributed by atoms with E-state index < -0.39 is 0 Å². The van der Waals surface area contributed by atoms with Crippen LogP contribution in [0.5, 0.6) is 0 Å². The summed E-state index contributed by atoms with van der Waals surface area (Å²) in [5, 5.41) is 2.81. The number of aryl methyl sites for hydroxylation is 1. The van der Waals surface area contributed by atoms with Gasteiger partial charge >= 0.3 is 0 Å². The zero-order valence-corrected chi connectivity index (χ0v) is 12.1. The summed E-state index contributed by atoms with van der Waals surface area (Å²) >= 11 is 0. The van der Waals surface area contributed by atoms with E-state index in [1.165, 1.54) is 0 Å². The molecule has 20 heavy (non-hydrogen) atoms. The lowest BCUT2D eigenvalue weighted by atomic mass is 10.1. The molecular formula is C14H22N4O2. The minimum atomic E-state index is -0.362. The second kappa shape index (κ2) is 6.54. The van der Waals surface area contributed by atoms with Gasteiger partial charge in [0.1, 0.15) is 11.9 Å². The van der Waals surface area contributed by atoms with E-state index in [0.29, 0.717) is 32.5 Å². The molecule has 1 fully saturated rings. The highest BCUT2D eigenvalue weighted by Crippen LogP contribution is 2.09. The average molecular weight is 278 g/mol. The number of carbonyl (C=O) groups excluding carboxylic acids is 2. The molecule has 0 bridgehead atoms. The van der Waals surface area contributed by atoms with Crippen molar-refractivity contribution in [3.8, 4) is 0 Å². The van der Waals surface area contributed by atoms with Gasteiger partial charge in [-0.15, -0.1) is 0 Å². The van der Waals surface area contributed by atoms with Gasteiger partial charge in [0.25, 0.3) is 0 Å². The standard InChI is InChI=1S/C14H22N4O2/c1-3-4-12-14(20)18(7-5-13(19)16-12)10-9-17-8-6-15-11(17)2/h6,8,12H,3-5,7,9-10H2,1-2H3,(H,16,19).